The van der Waals surface area contributed by atoms with Crippen molar-refractivity contribution in [3.05, 3.63) is 65.6 Å². The van der Waals surface area contributed by atoms with E-state index in [0.717, 1.165) is 4.90 Å². The lowest BCUT2D eigenvalue weighted by Crippen LogP contribution is -2.40. The number of ether oxygens (including phenoxy) is 2. The van der Waals surface area contributed by atoms with Crippen molar-refractivity contribution in [2.24, 2.45) is 0 Å². The molecule has 0 bridgehead atoms. The molecule has 0 aliphatic carbocycles. The fourth-order valence-electron chi connectivity index (χ4n) is 3.44. The summed E-state index contributed by atoms with van der Waals surface area (Å²) >= 11 is 0. The molecule has 0 aromatic heterocycles. The van der Waals surface area contributed by atoms with E-state index in [1.807, 2.05) is 4.90 Å². The van der Waals surface area contributed by atoms with Gasteiger partial charge >= 0.3 is 0 Å². The van der Waals surface area contributed by atoms with E-state index in [1.165, 1.54) is 24.3 Å². The molecule has 6 nitrogen and oxygen atoms in total. The lowest BCUT2D eigenvalue weighted by molar-refractivity contribution is -0.121. The minimum absolute atomic E-state index is 0.332. The summed E-state index contributed by atoms with van der Waals surface area (Å²) in [7, 11) is 1.56. The van der Waals surface area contributed by atoms with Gasteiger partial charge in [-0.05, 0) is 42.0 Å². The molecule has 0 unspecified atom stereocenters. The number of anilines is 1. The highest BCUT2D eigenvalue weighted by Crippen LogP contribution is 2.35. The van der Waals surface area contributed by atoms with Crippen molar-refractivity contribution in [3.8, 4) is 5.75 Å². The predicted octanol–water partition coefficient (Wildman–Crippen LogP) is 2.45. The second-order valence-corrected chi connectivity index (χ2v) is 6.47. The highest BCUT2D eigenvalue weighted by molar-refractivity contribution is 6.45. The van der Waals surface area contributed by atoms with E-state index in [2.05, 4.69) is 0 Å². The van der Waals surface area contributed by atoms with Crippen LogP contribution in [0.25, 0.3) is 5.57 Å². The largest absolute Gasteiger partial charge is 0.497 e. The molecule has 0 radical (unpaired) electrons. The summed E-state index contributed by atoms with van der Waals surface area (Å²) < 4.78 is 23.9. The Morgan fingerprint density at radius 3 is 2.18 bits per heavy atom. The van der Waals surface area contributed by atoms with E-state index in [1.54, 1.807) is 31.4 Å². The van der Waals surface area contributed by atoms with E-state index in [9.17, 15) is 14.0 Å². The van der Waals surface area contributed by atoms with Crippen LogP contribution in [0.5, 0.6) is 5.75 Å². The monoisotopic (exact) mass is 382 g/mol. The highest BCUT2D eigenvalue weighted by Gasteiger charge is 2.42. The van der Waals surface area contributed by atoms with E-state index < -0.39 is 17.6 Å². The van der Waals surface area contributed by atoms with Gasteiger partial charge in [-0.1, -0.05) is 12.1 Å². The van der Waals surface area contributed by atoms with Crippen LogP contribution in [0.15, 0.2) is 54.2 Å². The van der Waals surface area contributed by atoms with Crippen LogP contribution in [0.2, 0.25) is 0 Å². The molecule has 4 rings (SSSR count). The maximum atomic E-state index is 13.3. The number of methoxy groups -OCH3 is 1. The van der Waals surface area contributed by atoms with Gasteiger partial charge in [0.15, 0.2) is 0 Å². The van der Waals surface area contributed by atoms with Gasteiger partial charge in [0.05, 0.1) is 31.6 Å². The summed E-state index contributed by atoms with van der Waals surface area (Å²) in [5.74, 6) is -0.614. The van der Waals surface area contributed by atoms with Gasteiger partial charge < -0.3 is 14.4 Å². The number of rotatable bonds is 4. The number of imide groups is 1. The Labute approximate surface area is 161 Å². The Morgan fingerprint density at radius 1 is 0.929 bits per heavy atom. The summed E-state index contributed by atoms with van der Waals surface area (Å²) in [4.78, 5) is 29.5. The Morgan fingerprint density at radius 2 is 1.57 bits per heavy atom. The second kappa shape index (κ2) is 7.44. The van der Waals surface area contributed by atoms with Crippen molar-refractivity contribution in [1.29, 1.82) is 0 Å². The average molecular weight is 382 g/mol. The maximum absolute atomic E-state index is 13.3. The van der Waals surface area contributed by atoms with Crippen LogP contribution in [0.1, 0.15) is 5.56 Å². The van der Waals surface area contributed by atoms with Crippen molar-refractivity contribution in [1.82, 2.24) is 4.90 Å². The summed E-state index contributed by atoms with van der Waals surface area (Å²) in [6.45, 7) is 2.01. The number of morpholine rings is 1. The van der Waals surface area contributed by atoms with Gasteiger partial charge in [-0.2, -0.15) is 0 Å². The standard InChI is InChI=1S/C21H19FN2O4/c1-27-17-8-2-14(3-9-17)18-19(23-10-12-28-13-11-23)21(26)24(20(18)25)16-6-4-15(22)5-7-16/h2-9H,10-13H2,1H3. The molecule has 1 fully saturated rings. The van der Waals surface area contributed by atoms with Gasteiger partial charge in [-0.15, -0.1) is 0 Å². The molecular formula is C21H19FN2O4. The molecule has 2 aromatic rings. The van der Waals surface area contributed by atoms with Gasteiger partial charge in [0.2, 0.25) is 0 Å². The van der Waals surface area contributed by atoms with Gasteiger partial charge in [-0.25, -0.2) is 9.29 Å². The summed E-state index contributed by atoms with van der Waals surface area (Å²) in [6, 6.07) is 12.3. The first-order valence-corrected chi connectivity index (χ1v) is 8.96. The quantitative estimate of drug-likeness (QED) is 0.761. The number of benzene rings is 2. The fourth-order valence-corrected chi connectivity index (χ4v) is 3.44. The first-order valence-electron chi connectivity index (χ1n) is 8.96. The van der Waals surface area contributed by atoms with Crippen molar-refractivity contribution in [3.63, 3.8) is 0 Å². The highest BCUT2D eigenvalue weighted by atomic mass is 19.1. The van der Waals surface area contributed by atoms with Crippen LogP contribution in [0.3, 0.4) is 0 Å². The Balaban J connectivity index is 1.80. The van der Waals surface area contributed by atoms with Crippen molar-refractivity contribution in [2.75, 3.05) is 38.3 Å². The minimum Gasteiger partial charge on any atom is -0.497 e. The number of hydrogen-bond acceptors (Lipinski definition) is 5. The van der Waals surface area contributed by atoms with Gasteiger partial charge in [-0.3, -0.25) is 9.59 Å². The average Bonchev–Trinajstić information content (AvgIpc) is 2.99. The first-order chi connectivity index (χ1) is 13.6. The summed E-state index contributed by atoms with van der Waals surface area (Å²) in [5, 5.41) is 0. The normalized spacial score (nSPS) is 17.5. The number of carbonyl (C=O) groups excluding carboxylic acids is 2. The minimum atomic E-state index is -0.431. The second-order valence-electron chi connectivity index (χ2n) is 6.47. The molecule has 2 aliphatic rings. The number of nitrogens with zero attached hydrogens (tertiary/aromatic N) is 2. The van der Waals surface area contributed by atoms with Crippen LogP contribution in [-0.4, -0.2) is 50.1 Å². The van der Waals surface area contributed by atoms with Crippen molar-refractivity contribution < 1.29 is 23.5 Å². The Kier molecular flexibility index (Phi) is 4.83. The predicted molar refractivity (Wildman–Crippen MR) is 101 cm³/mol. The number of hydrogen-bond donors (Lipinski definition) is 0. The third kappa shape index (κ3) is 3.14. The molecule has 2 aliphatic heterocycles. The topological polar surface area (TPSA) is 59.1 Å². The number of halogens is 1. The van der Waals surface area contributed by atoms with Crippen LogP contribution >= 0.6 is 0 Å². The maximum Gasteiger partial charge on any atom is 0.282 e. The van der Waals surface area contributed by atoms with Crippen LogP contribution in [0, 0.1) is 5.82 Å². The summed E-state index contributed by atoms with van der Waals surface area (Å²) in [6.07, 6.45) is 0. The lowest BCUT2D eigenvalue weighted by atomic mass is 10.0. The molecule has 7 heteroatoms. The lowest BCUT2D eigenvalue weighted by Gasteiger charge is -2.29. The molecule has 0 atom stereocenters. The van der Waals surface area contributed by atoms with Crippen LogP contribution < -0.4 is 9.64 Å². The van der Waals surface area contributed by atoms with Gasteiger partial charge in [0.1, 0.15) is 17.3 Å². The van der Waals surface area contributed by atoms with Crippen molar-refractivity contribution in [2.45, 2.75) is 0 Å². The number of carbonyl (C=O) groups is 2. The zero-order valence-electron chi connectivity index (χ0n) is 15.4. The third-order valence-corrected chi connectivity index (χ3v) is 4.85. The fraction of sp³-hybridized carbons (Fsp3) is 0.238. The third-order valence-electron chi connectivity index (χ3n) is 4.85. The van der Waals surface area contributed by atoms with Crippen LogP contribution in [0.4, 0.5) is 10.1 Å². The SMILES string of the molecule is COc1ccc(C2=C(N3CCOCC3)C(=O)N(c3ccc(F)cc3)C2=O)cc1. The van der Waals surface area contributed by atoms with E-state index in [4.69, 9.17) is 9.47 Å². The van der Waals surface area contributed by atoms with E-state index in [-0.39, 0.29) is 0 Å². The van der Waals surface area contributed by atoms with E-state index >= 15 is 0 Å². The molecule has 0 saturated carbocycles. The first kappa shape index (κ1) is 18.2. The Bertz CT molecular complexity index is 932. The van der Waals surface area contributed by atoms with Gasteiger partial charge in [0.25, 0.3) is 11.8 Å². The Hall–Kier alpha value is -3.19. The molecule has 144 valence electrons. The zero-order chi connectivity index (χ0) is 19.7. The van der Waals surface area contributed by atoms with E-state index in [0.29, 0.717) is 54.6 Å². The molecule has 1 saturated heterocycles. The summed E-state index contributed by atoms with van der Waals surface area (Å²) in [5.41, 5.74) is 1.65. The van der Waals surface area contributed by atoms with Crippen LogP contribution in [-0.2, 0) is 14.3 Å². The van der Waals surface area contributed by atoms with Crippen molar-refractivity contribution >= 4 is 23.1 Å². The smallest absolute Gasteiger partial charge is 0.282 e. The molecule has 2 heterocycles. The molecule has 0 spiro atoms. The number of amides is 2. The molecule has 0 N–H and O–H groups in total. The zero-order valence-corrected chi connectivity index (χ0v) is 15.4. The molecular weight excluding hydrogens is 363 g/mol. The molecule has 2 aromatic carbocycles. The molecule has 2 amide bonds. The van der Waals surface area contributed by atoms with Gasteiger partial charge in [0, 0.05) is 13.1 Å². The molecule has 28 heavy (non-hydrogen) atoms.